The monoisotopic (exact) mass is 276 g/mol. The van der Waals surface area contributed by atoms with Gasteiger partial charge in [-0.05, 0) is 6.07 Å². The number of amides is 1. The van der Waals surface area contributed by atoms with Crippen molar-refractivity contribution >= 4 is 5.91 Å². The van der Waals surface area contributed by atoms with Crippen LogP contribution in [0.1, 0.15) is 22.2 Å². The molecule has 0 radical (unpaired) electrons. The Morgan fingerprint density at radius 3 is 2.95 bits per heavy atom. The minimum atomic E-state index is -0.00141. The van der Waals surface area contributed by atoms with Crippen LogP contribution in [0.3, 0.4) is 0 Å². The van der Waals surface area contributed by atoms with Crippen LogP contribution < -0.4 is 0 Å². The lowest BCUT2D eigenvalue weighted by molar-refractivity contribution is 0.0487. The Morgan fingerprint density at radius 1 is 1.50 bits per heavy atom. The largest absolute Gasteiger partial charge is 0.378 e. The molecule has 1 aliphatic rings. The van der Waals surface area contributed by atoms with Crippen molar-refractivity contribution in [1.29, 1.82) is 0 Å². The second-order valence-electron chi connectivity index (χ2n) is 4.83. The van der Waals surface area contributed by atoms with Gasteiger partial charge >= 0.3 is 0 Å². The van der Waals surface area contributed by atoms with E-state index in [1.807, 2.05) is 6.20 Å². The first-order chi connectivity index (χ1) is 9.69. The average molecular weight is 276 g/mol. The lowest BCUT2D eigenvalue weighted by Crippen LogP contribution is -2.51. The number of nitrogens with zero attached hydrogens (tertiary/aromatic N) is 6. The van der Waals surface area contributed by atoms with Gasteiger partial charge in [0.1, 0.15) is 11.4 Å². The molecule has 3 rings (SSSR count). The van der Waals surface area contributed by atoms with Crippen molar-refractivity contribution in [3.63, 3.8) is 0 Å². The van der Waals surface area contributed by atoms with Crippen molar-refractivity contribution in [3.8, 4) is 0 Å². The van der Waals surface area contributed by atoms with Gasteiger partial charge in [0.25, 0.3) is 5.91 Å². The molecule has 106 valence electrons. The summed E-state index contributed by atoms with van der Waals surface area (Å²) in [6.07, 6.45) is 3.49. The molecule has 0 atom stereocenters. The van der Waals surface area contributed by atoms with E-state index >= 15 is 0 Å². The molecule has 1 amide bonds. The van der Waals surface area contributed by atoms with E-state index in [1.54, 1.807) is 40.7 Å². The van der Waals surface area contributed by atoms with Crippen LogP contribution >= 0.6 is 0 Å². The molecule has 0 spiro atoms. The Labute approximate surface area is 115 Å². The highest BCUT2D eigenvalue weighted by Crippen LogP contribution is 2.22. The summed E-state index contributed by atoms with van der Waals surface area (Å²) < 4.78 is 8.38. The number of likely N-dealkylation sites (tertiary alicyclic amines) is 1. The molecule has 0 saturated carbocycles. The molecule has 2 aromatic heterocycles. The fourth-order valence-electron chi connectivity index (χ4n) is 2.24. The molecule has 0 aliphatic carbocycles. The van der Waals surface area contributed by atoms with Crippen LogP contribution in [0.25, 0.3) is 0 Å². The zero-order chi connectivity index (χ0) is 14.1. The van der Waals surface area contributed by atoms with Gasteiger partial charge < -0.3 is 9.64 Å². The van der Waals surface area contributed by atoms with Crippen molar-refractivity contribution in [2.75, 3.05) is 20.2 Å². The van der Waals surface area contributed by atoms with Crippen molar-refractivity contribution in [3.05, 3.63) is 29.8 Å². The van der Waals surface area contributed by atoms with Gasteiger partial charge in [0.2, 0.25) is 0 Å². The quantitative estimate of drug-likeness (QED) is 0.776. The number of carbonyl (C=O) groups excluding carboxylic acids is 1. The number of hydrogen-bond acceptors (Lipinski definition) is 5. The maximum absolute atomic E-state index is 12.2. The first-order valence-corrected chi connectivity index (χ1v) is 6.36. The lowest BCUT2D eigenvalue weighted by Gasteiger charge is -2.38. The summed E-state index contributed by atoms with van der Waals surface area (Å²) in [6, 6.07) is 1.91. The average Bonchev–Trinajstić information content (AvgIpc) is 2.97. The van der Waals surface area contributed by atoms with Crippen LogP contribution in [0.2, 0.25) is 0 Å². The van der Waals surface area contributed by atoms with Crippen molar-refractivity contribution < 1.29 is 9.53 Å². The summed E-state index contributed by atoms with van der Waals surface area (Å²) >= 11 is 0. The highest BCUT2D eigenvalue weighted by molar-refractivity contribution is 5.93. The highest BCUT2D eigenvalue weighted by Gasteiger charge is 2.34. The maximum atomic E-state index is 12.2. The molecule has 0 aromatic carbocycles. The van der Waals surface area contributed by atoms with Crippen LogP contribution in [0.15, 0.2) is 18.5 Å². The third-order valence-electron chi connectivity index (χ3n) is 3.41. The minimum absolute atomic E-state index is 0.00141. The van der Waals surface area contributed by atoms with Crippen molar-refractivity contribution in [1.82, 2.24) is 29.7 Å². The molecule has 3 heterocycles. The molecule has 2 aromatic rings. The molecule has 8 nitrogen and oxygen atoms in total. The van der Waals surface area contributed by atoms with Crippen molar-refractivity contribution in [2.24, 2.45) is 7.05 Å². The van der Waals surface area contributed by atoms with E-state index in [4.69, 9.17) is 4.74 Å². The third kappa shape index (κ3) is 2.18. The molecule has 0 N–H and O–H groups in total. The van der Waals surface area contributed by atoms with Crippen molar-refractivity contribution in [2.45, 2.75) is 12.6 Å². The topological polar surface area (TPSA) is 78.1 Å². The first kappa shape index (κ1) is 12.8. The van der Waals surface area contributed by atoms with Gasteiger partial charge in [0.15, 0.2) is 0 Å². The number of carbonyl (C=O) groups is 1. The van der Waals surface area contributed by atoms with Crippen LogP contribution in [0.4, 0.5) is 0 Å². The zero-order valence-electron chi connectivity index (χ0n) is 11.4. The van der Waals surface area contributed by atoms with E-state index in [2.05, 4.69) is 15.4 Å². The van der Waals surface area contributed by atoms with Crippen LogP contribution in [0, 0.1) is 0 Å². The van der Waals surface area contributed by atoms with Crippen LogP contribution in [0.5, 0.6) is 0 Å². The number of hydrogen-bond donors (Lipinski definition) is 0. The van der Waals surface area contributed by atoms with E-state index < -0.39 is 0 Å². The first-order valence-electron chi connectivity index (χ1n) is 6.36. The second kappa shape index (κ2) is 5.04. The van der Waals surface area contributed by atoms with E-state index in [0.717, 1.165) is 5.69 Å². The Balaban J connectivity index is 1.60. The van der Waals surface area contributed by atoms with Gasteiger partial charge in [0.05, 0.1) is 18.8 Å². The molecule has 0 unspecified atom stereocenters. The Bertz CT molecular complexity index is 613. The van der Waals surface area contributed by atoms with Gasteiger partial charge in [0, 0.05) is 33.4 Å². The minimum Gasteiger partial charge on any atom is -0.378 e. The maximum Gasteiger partial charge on any atom is 0.272 e. The number of ether oxygens (including phenoxy) is 1. The number of aromatic nitrogens is 5. The normalized spacial score (nSPS) is 15.4. The second-order valence-corrected chi connectivity index (χ2v) is 4.83. The SMILES string of the molecule is COCc1cn(C2CN(C(=O)c3ccnn3C)C2)nn1. The molecule has 1 saturated heterocycles. The standard InChI is InChI=1S/C12H16N6O2/c1-16-11(3-4-13-16)12(19)17-6-10(7-17)18-5-9(8-20-2)14-15-18/h3-5,10H,6-8H2,1-2H3. The fraction of sp³-hybridized carbons (Fsp3) is 0.500. The van der Waals surface area contributed by atoms with Gasteiger partial charge in [-0.25, -0.2) is 4.68 Å². The summed E-state index contributed by atoms with van der Waals surface area (Å²) in [7, 11) is 3.38. The Morgan fingerprint density at radius 2 is 2.30 bits per heavy atom. The van der Waals surface area contributed by atoms with E-state index in [-0.39, 0.29) is 11.9 Å². The fourth-order valence-corrected chi connectivity index (χ4v) is 2.24. The lowest BCUT2D eigenvalue weighted by atomic mass is 10.1. The molecule has 0 bridgehead atoms. The molecule has 8 heteroatoms. The van der Waals surface area contributed by atoms with Crippen LogP contribution in [-0.4, -0.2) is 55.8 Å². The molecular weight excluding hydrogens is 260 g/mol. The summed E-state index contributed by atoms with van der Waals surface area (Å²) in [5, 5.41) is 12.1. The summed E-state index contributed by atoms with van der Waals surface area (Å²) in [6.45, 7) is 1.73. The number of aryl methyl sites for hydroxylation is 1. The Kier molecular flexibility index (Phi) is 3.23. The molecule has 1 fully saturated rings. The summed E-state index contributed by atoms with van der Waals surface area (Å²) in [5.41, 5.74) is 1.39. The van der Waals surface area contributed by atoms with E-state index in [1.165, 1.54) is 0 Å². The van der Waals surface area contributed by atoms with Gasteiger partial charge in [-0.15, -0.1) is 5.10 Å². The molecule has 20 heavy (non-hydrogen) atoms. The predicted octanol–water partition coefficient (Wildman–Crippen LogP) is -0.145. The molecular formula is C12H16N6O2. The van der Waals surface area contributed by atoms with E-state index in [9.17, 15) is 4.79 Å². The summed E-state index contributed by atoms with van der Waals surface area (Å²) in [5.74, 6) is -0.00141. The van der Waals surface area contributed by atoms with Gasteiger partial charge in [-0.3, -0.25) is 9.48 Å². The van der Waals surface area contributed by atoms with Gasteiger partial charge in [-0.2, -0.15) is 5.10 Å². The number of methoxy groups -OCH3 is 1. The molecule has 1 aliphatic heterocycles. The third-order valence-corrected chi connectivity index (χ3v) is 3.41. The highest BCUT2D eigenvalue weighted by atomic mass is 16.5. The van der Waals surface area contributed by atoms with Gasteiger partial charge in [-0.1, -0.05) is 5.21 Å². The van der Waals surface area contributed by atoms with Crippen LogP contribution in [-0.2, 0) is 18.4 Å². The summed E-state index contributed by atoms with van der Waals surface area (Å²) in [4.78, 5) is 14.0. The van der Waals surface area contributed by atoms with E-state index in [0.29, 0.717) is 25.4 Å². The number of rotatable bonds is 4. The zero-order valence-corrected chi connectivity index (χ0v) is 11.4. The smallest absolute Gasteiger partial charge is 0.272 e. The Hall–Kier alpha value is -2.22. The predicted molar refractivity (Wildman–Crippen MR) is 68.9 cm³/mol.